The van der Waals surface area contributed by atoms with Crippen molar-refractivity contribution < 1.29 is 4.79 Å². The Balaban J connectivity index is 1.56. The summed E-state index contributed by atoms with van der Waals surface area (Å²) >= 11 is 0. The summed E-state index contributed by atoms with van der Waals surface area (Å²) in [6.07, 6.45) is 5.01. The second kappa shape index (κ2) is 5.78. The van der Waals surface area contributed by atoms with Crippen LogP contribution in [0.4, 0.5) is 5.69 Å². The van der Waals surface area contributed by atoms with Crippen LogP contribution in [0.1, 0.15) is 22.0 Å². The minimum Gasteiger partial charge on any atom is -0.318 e. The zero-order valence-electron chi connectivity index (χ0n) is 13.6. The summed E-state index contributed by atoms with van der Waals surface area (Å²) in [6.45, 7) is 3.75. The van der Waals surface area contributed by atoms with Gasteiger partial charge in [0, 0.05) is 23.8 Å². The van der Waals surface area contributed by atoms with Gasteiger partial charge in [-0.3, -0.25) is 4.79 Å². The third-order valence-electron chi connectivity index (χ3n) is 3.57. The summed E-state index contributed by atoms with van der Waals surface area (Å²) in [5, 5.41) is 11.0. The molecular formula is C16H14N8O. The highest BCUT2D eigenvalue weighted by molar-refractivity contribution is 6.01. The minimum atomic E-state index is -0.420. The van der Waals surface area contributed by atoms with E-state index in [0.29, 0.717) is 17.3 Å². The number of nitrogens with zero attached hydrogens (tertiary/aromatic N) is 7. The molecule has 0 atom stereocenters. The maximum Gasteiger partial charge on any atom is 0.295 e. The topological polar surface area (TPSA) is 103 Å². The first kappa shape index (κ1) is 14.9. The molecule has 0 radical (unpaired) electrons. The highest BCUT2D eigenvalue weighted by Gasteiger charge is 2.15. The van der Waals surface area contributed by atoms with Gasteiger partial charge >= 0.3 is 0 Å². The summed E-state index contributed by atoms with van der Waals surface area (Å²) in [6, 6.07) is 7.19. The fourth-order valence-electron chi connectivity index (χ4n) is 2.45. The van der Waals surface area contributed by atoms with Crippen LogP contribution in [0.15, 0.2) is 42.9 Å². The second-order valence-electron chi connectivity index (χ2n) is 5.50. The van der Waals surface area contributed by atoms with E-state index >= 15 is 0 Å². The number of rotatable bonds is 3. The first-order valence-electron chi connectivity index (χ1n) is 7.58. The van der Waals surface area contributed by atoms with E-state index in [4.69, 9.17) is 0 Å². The molecular weight excluding hydrogens is 320 g/mol. The molecule has 0 saturated carbocycles. The number of anilines is 1. The van der Waals surface area contributed by atoms with Gasteiger partial charge in [-0.05, 0) is 38.1 Å². The van der Waals surface area contributed by atoms with Gasteiger partial charge in [0.1, 0.15) is 0 Å². The van der Waals surface area contributed by atoms with Crippen molar-refractivity contribution in [3.63, 3.8) is 0 Å². The maximum atomic E-state index is 12.4. The Morgan fingerprint density at radius 3 is 2.80 bits per heavy atom. The molecule has 9 heteroatoms. The van der Waals surface area contributed by atoms with Crippen LogP contribution in [-0.2, 0) is 0 Å². The summed E-state index contributed by atoms with van der Waals surface area (Å²) in [5.41, 5.74) is 2.22. The average molecular weight is 334 g/mol. The number of hydrogen-bond donors (Lipinski definition) is 1. The van der Waals surface area contributed by atoms with Gasteiger partial charge in [0.2, 0.25) is 5.82 Å². The number of nitrogens with one attached hydrogen (secondary N) is 1. The number of carbonyl (C=O) groups excluding carboxylic acids is 1. The molecule has 0 aromatic carbocycles. The van der Waals surface area contributed by atoms with Crippen molar-refractivity contribution >= 4 is 17.4 Å². The normalized spacial score (nSPS) is 11.0. The summed E-state index contributed by atoms with van der Waals surface area (Å²) < 4.78 is 3.17. The quantitative estimate of drug-likeness (QED) is 0.610. The van der Waals surface area contributed by atoms with Crippen molar-refractivity contribution in [3.8, 4) is 5.82 Å². The van der Waals surface area contributed by atoms with Crippen molar-refractivity contribution in [2.24, 2.45) is 0 Å². The van der Waals surface area contributed by atoms with Crippen LogP contribution in [0.25, 0.3) is 11.6 Å². The van der Waals surface area contributed by atoms with E-state index in [1.807, 2.05) is 26.0 Å². The van der Waals surface area contributed by atoms with Gasteiger partial charge in [-0.15, -0.1) is 5.10 Å². The fourth-order valence-corrected chi connectivity index (χ4v) is 2.45. The number of aromatic nitrogens is 7. The van der Waals surface area contributed by atoms with Gasteiger partial charge in [0.25, 0.3) is 11.7 Å². The molecule has 0 saturated heterocycles. The van der Waals surface area contributed by atoms with Crippen molar-refractivity contribution in [2.45, 2.75) is 13.8 Å². The SMILES string of the molecule is Cc1cc(C)n2nc(C(=O)Nc3ccc(-n4cccn4)nc3)nc2n1. The van der Waals surface area contributed by atoms with E-state index < -0.39 is 5.91 Å². The van der Waals surface area contributed by atoms with Crippen molar-refractivity contribution in [2.75, 3.05) is 5.32 Å². The molecule has 124 valence electrons. The maximum absolute atomic E-state index is 12.4. The van der Waals surface area contributed by atoms with Gasteiger partial charge in [0.05, 0.1) is 11.9 Å². The Bertz CT molecular complexity index is 1050. The highest BCUT2D eigenvalue weighted by atomic mass is 16.2. The lowest BCUT2D eigenvalue weighted by Gasteiger charge is -2.04. The van der Waals surface area contributed by atoms with E-state index in [0.717, 1.165) is 11.4 Å². The lowest BCUT2D eigenvalue weighted by Crippen LogP contribution is -2.14. The molecule has 0 unspecified atom stereocenters. The van der Waals surface area contributed by atoms with Crippen molar-refractivity contribution in [3.05, 3.63) is 60.1 Å². The Morgan fingerprint density at radius 1 is 1.20 bits per heavy atom. The van der Waals surface area contributed by atoms with E-state index in [1.54, 1.807) is 39.9 Å². The predicted octanol–water partition coefficient (Wildman–Crippen LogP) is 1.57. The Hall–Kier alpha value is -3.62. The van der Waals surface area contributed by atoms with Crippen molar-refractivity contribution in [1.82, 2.24) is 34.3 Å². The smallest absolute Gasteiger partial charge is 0.295 e. The molecule has 0 spiro atoms. The third kappa shape index (κ3) is 2.82. The van der Waals surface area contributed by atoms with E-state index in [2.05, 4.69) is 30.5 Å². The van der Waals surface area contributed by atoms with E-state index in [9.17, 15) is 4.79 Å². The molecule has 1 N–H and O–H groups in total. The van der Waals surface area contributed by atoms with Crippen LogP contribution < -0.4 is 5.32 Å². The molecule has 25 heavy (non-hydrogen) atoms. The summed E-state index contributed by atoms with van der Waals surface area (Å²) in [5.74, 6) is 0.688. The lowest BCUT2D eigenvalue weighted by atomic mass is 10.4. The molecule has 0 aliphatic carbocycles. The third-order valence-corrected chi connectivity index (χ3v) is 3.57. The predicted molar refractivity (Wildman–Crippen MR) is 89.6 cm³/mol. The Labute approximate surface area is 142 Å². The highest BCUT2D eigenvalue weighted by Crippen LogP contribution is 2.11. The lowest BCUT2D eigenvalue weighted by molar-refractivity contribution is 0.101. The largest absolute Gasteiger partial charge is 0.318 e. The molecule has 0 fully saturated rings. The Morgan fingerprint density at radius 2 is 2.08 bits per heavy atom. The number of amides is 1. The molecule has 4 aromatic heterocycles. The number of carbonyl (C=O) groups is 1. The molecule has 4 heterocycles. The second-order valence-corrected chi connectivity index (χ2v) is 5.50. The van der Waals surface area contributed by atoms with Gasteiger partial charge in [-0.25, -0.2) is 19.2 Å². The number of pyridine rings is 1. The molecule has 1 amide bonds. The van der Waals surface area contributed by atoms with Gasteiger partial charge < -0.3 is 5.32 Å². The van der Waals surface area contributed by atoms with E-state index in [-0.39, 0.29) is 5.82 Å². The zero-order chi connectivity index (χ0) is 17.4. The average Bonchev–Trinajstić information content (AvgIpc) is 3.25. The van der Waals surface area contributed by atoms with Crippen LogP contribution in [0.2, 0.25) is 0 Å². The Kier molecular flexibility index (Phi) is 3.46. The molecule has 0 bridgehead atoms. The molecule has 0 aliphatic rings. The van der Waals surface area contributed by atoms with Crippen LogP contribution in [0.5, 0.6) is 0 Å². The molecule has 0 aliphatic heterocycles. The first-order valence-corrected chi connectivity index (χ1v) is 7.58. The number of aryl methyl sites for hydroxylation is 2. The minimum absolute atomic E-state index is 0.0531. The first-order chi connectivity index (χ1) is 12.1. The monoisotopic (exact) mass is 334 g/mol. The van der Waals surface area contributed by atoms with Gasteiger partial charge in [0.15, 0.2) is 5.82 Å². The van der Waals surface area contributed by atoms with Crippen LogP contribution in [0.3, 0.4) is 0 Å². The summed E-state index contributed by atoms with van der Waals surface area (Å²) in [4.78, 5) is 25.1. The van der Waals surface area contributed by atoms with Crippen LogP contribution in [-0.4, -0.2) is 40.3 Å². The van der Waals surface area contributed by atoms with Crippen LogP contribution >= 0.6 is 0 Å². The molecule has 9 nitrogen and oxygen atoms in total. The molecule has 4 aromatic rings. The number of hydrogen-bond acceptors (Lipinski definition) is 6. The van der Waals surface area contributed by atoms with Crippen LogP contribution in [0, 0.1) is 13.8 Å². The van der Waals surface area contributed by atoms with Gasteiger partial charge in [-0.1, -0.05) is 0 Å². The number of fused-ring (bicyclic) bond motifs is 1. The standard InChI is InChI=1S/C16H14N8O/c1-10-8-11(2)24-16(19-10)21-14(22-24)15(25)20-12-4-5-13(17-9-12)23-7-3-6-18-23/h3-9H,1-2H3,(H,20,25). The zero-order valence-corrected chi connectivity index (χ0v) is 13.6. The molecule has 4 rings (SSSR count). The van der Waals surface area contributed by atoms with Crippen molar-refractivity contribution in [1.29, 1.82) is 0 Å². The fraction of sp³-hybridized carbons (Fsp3) is 0.125. The van der Waals surface area contributed by atoms with Gasteiger partial charge in [-0.2, -0.15) is 10.1 Å². The summed E-state index contributed by atoms with van der Waals surface area (Å²) in [7, 11) is 0. The van der Waals surface area contributed by atoms with E-state index in [1.165, 1.54) is 0 Å².